The van der Waals surface area contributed by atoms with E-state index in [1.807, 2.05) is 72.8 Å². The van der Waals surface area contributed by atoms with E-state index in [0.717, 1.165) is 33.4 Å². The molecule has 10 aromatic rings. The largest absolute Gasteiger partial charge is 0.208 e. The summed E-state index contributed by atoms with van der Waals surface area (Å²) in [6.07, 6.45) is 0. The number of benzene rings is 9. The molecule has 1 spiro atoms. The van der Waals surface area contributed by atoms with E-state index in [2.05, 4.69) is 140 Å². The number of hydrogen-bond donors (Lipinski definition) is 0. The number of fused-ring (bicyclic) bond motifs is 12. The van der Waals surface area contributed by atoms with Crippen LogP contribution < -0.4 is 0 Å². The summed E-state index contributed by atoms with van der Waals surface area (Å²) in [5, 5.41) is 12.0. The molecule has 1 aromatic heterocycles. The van der Waals surface area contributed by atoms with Crippen molar-refractivity contribution in [3.63, 3.8) is 0 Å². The van der Waals surface area contributed by atoms with Gasteiger partial charge in [-0.2, -0.15) is 5.26 Å². The molecule has 9 aromatic carbocycles. The lowest BCUT2D eigenvalue weighted by Gasteiger charge is -2.31. The van der Waals surface area contributed by atoms with Crippen LogP contribution in [-0.2, 0) is 5.41 Å². The minimum atomic E-state index is -0.550. The van der Waals surface area contributed by atoms with Crippen molar-refractivity contribution in [3.8, 4) is 84.7 Å². The Morgan fingerprint density at radius 2 is 0.803 bits per heavy atom. The first-order chi connectivity index (χ1) is 30.2. The Labute approximate surface area is 353 Å². The zero-order chi connectivity index (χ0) is 40.5. The van der Waals surface area contributed by atoms with E-state index >= 15 is 0 Å². The fourth-order valence-corrected chi connectivity index (χ4v) is 9.89. The third-order valence-corrected chi connectivity index (χ3v) is 12.6. The second kappa shape index (κ2) is 13.7. The van der Waals surface area contributed by atoms with Crippen LogP contribution in [0.25, 0.3) is 89.4 Å². The number of aromatic nitrogens is 3. The molecule has 0 saturated carbocycles. The number of nitrogens with zero attached hydrogens (tertiary/aromatic N) is 4. The summed E-state index contributed by atoms with van der Waals surface area (Å²) in [4.78, 5) is 14.9. The maximum atomic E-state index is 9.55. The fourth-order valence-electron chi connectivity index (χ4n) is 9.89. The predicted molar refractivity (Wildman–Crippen MR) is 246 cm³/mol. The Morgan fingerprint density at radius 1 is 0.328 bits per heavy atom. The van der Waals surface area contributed by atoms with Gasteiger partial charge in [0, 0.05) is 16.7 Å². The van der Waals surface area contributed by atoms with Gasteiger partial charge in [-0.1, -0.05) is 182 Å². The third kappa shape index (κ3) is 5.28. The third-order valence-electron chi connectivity index (χ3n) is 12.6. The van der Waals surface area contributed by atoms with Gasteiger partial charge in [-0.15, -0.1) is 0 Å². The van der Waals surface area contributed by atoms with Crippen molar-refractivity contribution in [1.29, 1.82) is 5.26 Å². The summed E-state index contributed by atoms with van der Waals surface area (Å²) < 4.78 is 0. The van der Waals surface area contributed by atoms with Crippen LogP contribution >= 0.6 is 0 Å². The molecular formula is C57H34N4. The summed E-state index contributed by atoms with van der Waals surface area (Å²) in [5.41, 5.74) is 17.6. The number of hydrogen-bond acceptors (Lipinski definition) is 4. The van der Waals surface area contributed by atoms with Gasteiger partial charge in [0.05, 0.1) is 17.0 Å². The molecule has 0 bridgehead atoms. The summed E-state index contributed by atoms with van der Waals surface area (Å²) >= 11 is 0. The Hall–Kier alpha value is -8.26. The maximum Gasteiger partial charge on any atom is 0.164 e. The minimum absolute atomic E-state index is 0.550. The molecule has 0 saturated heterocycles. The average Bonchev–Trinajstić information content (AvgIpc) is 3.81. The first-order valence-corrected chi connectivity index (χ1v) is 20.6. The lowest BCUT2D eigenvalue weighted by Crippen LogP contribution is -2.26. The smallest absolute Gasteiger partial charge is 0.164 e. The monoisotopic (exact) mass is 774 g/mol. The Balaban J connectivity index is 1.07. The van der Waals surface area contributed by atoms with E-state index in [-0.39, 0.29) is 0 Å². The molecule has 0 N–H and O–H groups in total. The topological polar surface area (TPSA) is 62.5 Å². The van der Waals surface area contributed by atoms with Gasteiger partial charge < -0.3 is 0 Å². The molecule has 4 heteroatoms. The Kier molecular flexibility index (Phi) is 7.78. The van der Waals surface area contributed by atoms with Gasteiger partial charge in [-0.05, 0) is 102 Å². The van der Waals surface area contributed by atoms with Crippen LogP contribution in [0.1, 0.15) is 27.8 Å². The van der Waals surface area contributed by atoms with Gasteiger partial charge in [0.2, 0.25) is 0 Å². The highest BCUT2D eigenvalue weighted by atomic mass is 15.0. The van der Waals surface area contributed by atoms with Crippen molar-refractivity contribution in [3.05, 3.63) is 234 Å². The first kappa shape index (κ1) is 34.8. The van der Waals surface area contributed by atoms with Crippen molar-refractivity contribution in [1.82, 2.24) is 15.0 Å². The Bertz CT molecular complexity index is 3300. The summed E-state index contributed by atoms with van der Waals surface area (Å²) in [6, 6.07) is 75.3. The molecule has 0 atom stereocenters. The van der Waals surface area contributed by atoms with Crippen molar-refractivity contribution in [2.24, 2.45) is 0 Å². The van der Waals surface area contributed by atoms with Crippen molar-refractivity contribution in [2.75, 3.05) is 0 Å². The van der Waals surface area contributed by atoms with Crippen LogP contribution in [-0.4, -0.2) is 15.0 Å². The molecule has 2 aliphatic rings. The Morgan fingerprint density at radius 3 is 1.39 bits per heavy atom. The molecule has 0 unspecified atom stereocenters. The molecular weight excluding hydrogens is 741 g/mol. The normalized spacial score (nSPS) is 12.7. The number of rotatable bonds is 5. The molecule has 0 aliphatic heterocycles. The molecule has 2 aliphatic carbocycles. The van der Waals surface area contributed by atoms with Gasteiger partial charge in [-0.25, -0.2) is 15.0 Å². The quantitative estimate of drug-likeness (QED) is 0.175. The van der Waals surface area contributed by atoms with Gasteiger partial charge in [0.1, 0.15) is 0 Å². The summed E-state index contributed by atoms with van der Waals surface area (Å²) in [6.45, 7) is 0. The molecule has 0 amide bonds. The second-order valence-electron chi connectivity index (χ2n) is 15.8. The van der Waals surface area contributed by atoms with Crippen LogP contribution in [0.3, 0.4) is 0 Å². The second-order valence-corrected chi connectivity index (χ2v) is 15.8. The van der Waals surface area contributed by atoms with E-state index in [1.54, 1.807) is 0 Å². The average molecular weight is 775 g/mol. The van der Waals surface area contributed by atoms with Gasteiger partial charge in [-0.3, -0.25) is 0 Å². The van der Waals surface area contributed by atoms with Gasteiger partial charge in [0.25, 0.3) is 0 Å². The standard InChI is InChI=1S/C57H34N4/c58-35-36-23-25-37(26-24-36)42-31-32-47-51(33-42)57(49-21-11-9-18-44(49)45-19-10-12-22-50(45)57)52-34-48(43-17-7-8-20-46(43)53(47)52)38-27-29-41(30-28-38)56-60-54(39-13-3-1-4-14-39)59-55(61-56)40-15-5-2-6-16-40/h1-34H. The van der Waals surface area contributed by atoms with E-state index in [4.69, 9.17) is 15.0 Å². The highest BCUT2D eigenvalue weighted by Gasteiger charge is 2.52. The summed E-state index contributed by atoms with van der Waals surface area (Å²) in [7, 11) is 0. The highest BCUT2D eigenvalue weighted by molar-refractivity contribution is 6.11. The predicted octanol–water partition coefficient (Wildman–Crippen LogP) is 13.6. The van der Waals surface area contributed by atoms with E-state index in [1.165, 1.54) is 60.8 Å². The van der Waals surface area contributed by atoms with Crippen LogP contribution in [0, 0.1) is 11.3 Å². The molecule has 0 radical (unpaired) electrons. The zero-order valence-corrected chi connectivity index (χ0v) is 32.9. The summed E-state index contributed by atoms with van der Waals surface area (Å²) in [5.74, 6) is 1.91. The molecule has 61 heavy (non-hydrogen) atoms. The van der Waals surface area contributed by atoms with Crippen molar-refractivity contribution >= 4 is 10.8 Å². The molecule has 4 nitrogen and oxygen atoms in total. The molecule has 282 valence electrons. The molecule has 12 rings (SSSR count). The van der Waals surface area contributed by atoms with Crippen LogP contribution in [0.15, 0.2) is 206 Å². The zero-order valence-electron chi connectivity index (χ0n) is 32.9. The molecule has 1 heterocycles. The number of nitriles is 1. The fraction of sp³-hybridized carbons (Fsp3) is 0.0175. The van der Waals surface area contributed by atoms with Crippen molar-refractivity contribution in [2.45, 2.75) is 5.41 Å². The first-order valence-electron chi connectivity index (χ1n) is 20.6. The SMILES string of the molecule is N#Cc1ccc(-c2ccc3c(c2)C2(c4ccccc4-c4ccccc42)c2cc(-c4ccc(-c5nc(-c6ccccc6)nc(-c6ccccc6)n5)cc4)c4ccccc4c2-3)cc1. The van der Waals surface area contributed by atoms with Crippen LogP contribution in [0.2, 0.25) is 0 Å². The maximum absolute atomic E-state index is 9.55. The van der Waals surface area contributed by atoms with Crippen molar-refractivity contribution < 1.29 is 0 Å². The van der Waals surface area contributed by atoms with E-state index in [9.17, 15) is 5.26 Å². The minimum Gasteiger partial charge on any atom is -0.208 e. The van der Waals surface area contributed by atoms with Gasteiger partial charge >= 0.3 is 0 Å². The van der Waals surface area contributed by atoms with Gasteiger partial charge in [0.15, 0.2) is 17.5 Å². The van der Waals surface area contributed by atoms with E-state index < -0.39 is 5.41 Å². The lowest BCUT2D eigenvalue weighted by atomic mass is 9.69. The lowest BCUT2D eigenvalue weighted by molar-refractivity contribution is 0.795. The highest BCUT2D eigenvalue weighted by Crippen LogP contribution is 2.64. The van der Waals surface area contributed by atoms with Crippen LogP contribution in [0.4, 0.5) is 0 Å². The van der Waals surface area contributed by atoms with E-state index in [0.29, 0.717) is 23.0 Å². The molecule has 0 fully saturated rings. The van der Waals surface area contributed by atoms with Crippen LogP contribution in [0.5, 0.6) is 0 Å².